The molecular formula is C16H18N2O4S. The lowest BCUT2D eigenvalue weighted by atomic mass is 10.1. The van der Waals surface area contributed by atoms with Crippen LogP contribution in [0.1, 0.15) is 18.4 Å². The van der Waals surface area contributed by atoms with E-state index in [-0.39, 0.29) is 11.1 Å². The van der Waals surface area contributed by atoms with Crippen LogP contribution in [0.4, 0.5) is 10.5 Å². The maximum atomic E-state index is 11.7. The number of carbonyl (C=O) groups is 2. The van der Waals surface area contributed by atoms with Crippen molar-refractivity contribution in [3.63, 3.8) is 0 Å². The van der Waals surface area contributed by atoms with Gasteiger partial charge in [0, 0.05) is 24.7 Å². The van der Waals surface area contributed by atoms with Crippen molar-refractivity contribution in [2.24, 2.45) is 0 Å². The van der Waals surface area contributed by atoms with Gasteiger partial charge >= 0.3 is 0 Å². The SMILES string of the molecule is COc1cc(N2CCCC2)c(OC)cc1/C=C1/SC(=O)NC1=O. The largest absolute Gasteiger partial charge is 0.496 e. The van der Waals surface area contributed by atoms with Crippen molar-refractivity contribution in [3.8, 4) is 11.5 Å². The second-order valence-corrected chi connectivity index (χ2v) is 6.33. The lowest BCUT2D eigenvalue weighted by molar-refractivity contribution is -0.115. The number of benzene rings is 1. The summed E-state index contributed by atoms with van der Waals surface area (Å²) < 4.78 is 11.0. The van der Waals surface area contributed by atoms with Gasteiger partial charge < -0.3 is 14.4 Å². The molecule has 0 saturated carbocycles. The molecule has 3 rings (SSSR count). The van der Waals surface area contributed by atoms with E-state index < -0.39 is 0 Å². The molecule has 2 aliphatic rings. The number of carbonyl (C=O) groups excluding carboxylic acids is 2. The molecule has 0 aromatic heterocycles. The van der Waals surface area contributed by atoms with Crippen molar-refractivity contribution in [1.82, 2.24) is 5.32 Å². The van der Waals surface area contributed by atoms with Gasteiger partial charge in [0.05, 0.1) is 24.8 Å². The van der Waals surface area contributed by atoms with E-state index in [4.69, 9.17) is 9.47 Å². The third-order valence-corrected chi connectivity index (χ3v) is 4.72. The number of methoxy groups -OCH3 is 2. The minimum Gasteiger partial charge on any atom is -0.496 e. The molecule has 2 fully saturated rings. The minimum atomic E-state index is -0.385. The van der Waals surface area contributed by atoms with Gasteiger partial charge in [0.15, 0.2) is 0 Å². The first-order valence-electron chi connectivity index (χ1n) is 7.38. The van der Waals surface area contributed by atoms with Crippen molar-refractivity contribution in [2.75, 3.05) is 32.2 Å². The van der Waals surface area contributed by atoms with Crippen LogP contribution in [0.2, 0.25) is 0 Å². The van der Waals surface area contributed by atoms with Gasteiger partial charge in [-0.15, -0.1) is 0 Å². The number of hydrogen-bond donors (Lipinski definition) is 1. The maximum absolute atomic E-state index is 11.7. The van der Waals surface area contributed by atoms with Crippen LogP contribution in [0, 0.1) is 0 Å². The molecular weight excluding hydrogens is 316 g/mol. The van der Waals surface area contributed by atoms with E-state index in [1.807, 2.05) is 12.1 Å². The van der Waals surface area contributed by atoms with E-state index in [9.17, 15) is 9.59 Å². The molecule has 0 radical (unpaired) electrons. The van der Waals surface area contributed by atoms with Gasteiger partial charge in [-0.3, -0.25) is 14.9 Å². The lowest BCUT2D eigenvalue weighted by Crippen LogP contribution is -2.18. The Bertz CT molecular complexity index is 681. The van der Waals surface area contributed by atoms with Gasteiger partial charge in [-0.1, -0.05) is 0 Å². The Kier molecular flexibility index (Phi) is 4.47. The number of thioether (sulfide) groups is 1. The van der Waals surface area contributed by atoms with E-state index >= 15 is 0 Å². The Morgan fingerprint density at radius 3 is 2.39 bits per heavy atom. The topological polar surface area (TPSA) is 67.9 Å². The summed E-state index contributed by atoms with van der Waals surface area (Å²) in [6, 6.07) is 3.77. The molecule has 0 aliphatic carbocycles. The molecule has 2 amide bonds. The summed E-state index contributed by atoms with van der Waals surface area (Å²) in [5.41, 5.74) is 1.70. The maximum Gasteiger partial charge on any atom is 0.290 e. The van der Waals surface area contributed by atoms with Crippen molar-refractivity contribution in [2.45, 2.75) is 12.8 Å². The molecule has 0 spiro atoms. The summed E-state index contributed by atoms with van der Waals surface area (Å²) >= 11 is 0.885. The zero-order chi connectivity index (χ0) is 16.4. The second-order valence-electron chi connectivity index (χ2n) is 5.31. The van der Waals surface area contributed by atoms with Crippen molar-refractivity contribution >= 4 is 34.7 Å². The number of ether oxygens (including phenoxy) is 2. The first kappa shape index (κ1) is 15.7. The van der Waals surface area contributed by atoms with Gasteiger partial charge in [-0.05, 0) is 36.7 Å². The fourth-order valence-corrected chi connectivity index (χ4v) is 3.46. The average molecular weight is 334 g/mol. The van der Waals surface area contributed by atoms with Crippen molar-refractivity contribution in [1.29, 1.82) is 0 Å². The van der Waals surface area contributed by atoms with Crippen LogP contribution in [0.5, 0.6) is 11.5 Å². The highest BCUT2D eigenvalue weighted by molar-refractivity contribution is 8.18. The normalized spacial score (nSPS) is 19.4. The molecule has 2 saturated heterocycles. The smallest absolute Gasteiger partial charge is 0.290 e. The summed E-state index contributed by atoms with van der Waals surface area (Å²) in [6.45, 7) is 1.99. The van der Waals surface area contributed by atoms with Crippen LogP contribution >= 0.6 is 11.8 Å². The van der Waals surface area contributed by atoms with E-state index in [0.717, 1.165) is 49.1 Å². The van der Waals surface area contributed by atoms with Gasteiger partial charge in [0.25, 0.3) is 11.1 Å². The Morgan fingerprint density at radius 2 is 1.83 bits per heavy atom. The van der Waals surface area contributed by atoms with Crippen LogP contribution in [0.15, 0.2) is 17.0 Å². The van der Waals surface area contributed by atoms with Gasteiger partial charge in [0.1, 0.15) is 11.5 Å². The minimum absolute atomic E-state index is 0.351. The van der Waals surface area contributed by atoms with Crippen LogP contribution in [-0.2, 0) is 4.79 Å². The zero-order valence-electron chi connectivity index (χ0n) is 13.0. The van der Waals surface area contributed by atoms with E-state index in [0.29, 0.717) is 16.2 Å². The number of nitrogens with zero attached hydrogens (tertiary/aromatic N) is 1. The molecule has 0 unspecified atom stereocenters. The number of hydrogen-bond acceptors (Lipinski definition) is 6. The molecule has 1 N–H and O–H groups in total. The monoisotopic (exact) mass is 334 g/mol. The summed E-state index contributed by atoms with van der Waals surface area (Å²) in [5, 5.41) is 1.89. The Labute approximate surface area is 138 Å². The molecule has 1 aromatic carbocycles. The fraction of sp³-hybridized carbons (Fsp3) is 0.375. The van der Waals surface area contributed by atoms with Crippen LogP contribution < -0.4 is 19.7 Å². The van der Waals surface area contributed by atoms with E-state index in [1.54, 1.807) is 20.3 Å². The van der Waals surface area contributed by atoms with Gasteiger partial charge in [-0.25, -0.2) is 0 Å². The number of amides is 2. The molecule has 6 nitrogen and oxygen atoms in total. The molecule has 122 valence electrons. The molecule has 7 heteroatoms. The van der Waals surface area contributed by atoms with Crippen LogP contribution in [0.3, 0.4) is 0 Å². The number of anilines is 1. The van der Waals surface area contributed by atoms with Gasteiger partial charge in [0.2, 0.25) is 0 Å². The quantitative estimate of drug-likeness (QED) is 0.854. The fourth-order valence-electron chi connectivity index (χ4n) is 2.79. The van der Waals surface area contributed by atoms with Crippen molar-refractivity contribution in [3.05, 3.63) is 22.6 Å². The first-order valence-corrected chi connectivity index (χ1v) is 8.20. The molecule has 1 aromatic rings. The zero-order valence-corrected chi connectivity index (χ0v) is 13.9. The van der Waals surface area contributed by atoms with E-state index in [1.165, 1.54) is 0 Å². The predicted octanol–water partition coefficient (Wildman–Crippen LogP) is 2.63. The Hall–Kier alpha value is -2.15. The molecule has 23 heavy (non-hydrogen) atoms. The second kappa shape index (κ2) is 6.54. The molecule has 2 aliphatic heterocycles. The highest BCUT2D eigenvalue weighted by Gasteiger charge is 2.26. The summed E-state index contributed by atoms with van der Waals surface area (Å²) in [4.78, 5) is 25.6. The molecule has 2 heterocycles. The standard InChI is InChI=1S/C16H18N2O4S/c1-21-12-9-11(18-5-3-4-6-18)13(22-2)7-10(12)8-14-15(19)17-16(20)23-14/h7-9H,3-6H2,1-2H3,(H,17,19,20)/b14-8+. The Morgan fingerprint density at radius 1 is 1.13 bits per heavy atom. The third kappa shape index (κ3) is 3.14. The average Bonchev–Trinajstić information content (AvgIpc) is 3.17. The number of rotatable bonds is 4. The Balaban J connectivity index is 2.01. The van der Waals surface area contributed by atoms with Crippen LogP contribution in [-0.4, -0.2) is 38.5 Å². The summed E-state index contributed by atoms with van der Waals surface area (Å²) in [6.07, 6.45) is 3.98. The van der Waals surface area contributed by atoms with Crippen LogP contribution in [0.25, 0.3) is 6.08 Å². The number of nitrogens with one attached hydrogen (secondary N) is 1. The summed E-state index contributed by atoms with van der Waals surface area (Å²) in [7, 11) is 3.21. The molecule has 0 atom stereocenters. The molecule has 0 bridgehead atoms. The highest BCUT2D eigenvalue weighted by atomic mass is 32.2. The highest BCUT2D eigenvalue weighted by Crippen LogP contribution is 2.39. The van der Waals surface area contributed by atoms with Crippen molar-refractivity contribution < 1.29 is 19.1 Å². The number of imide groups is 1. The first-order chi connectivity index (χ1) is 11.1. The summed E-state index contributed by atoms with van der Waals surface area (Å²) in [5.74, 6) is 0.992. The lowest BCUT2D eigenvalue weighted by Gasteiger charge is -2.22. The van der Waals surface area contributed by atoms with Gasteiger partial charge in [-0.2, -0.15) is 0 Å². The van der Waals surface area contributed by atoms with E-state index in [2.05, 4.69) is 10.2 Å². The predicted molar refractivity (Wildman–Crippen MR) is 90.1 cm³/mol. The third-order valence-electron chi connectivity index (χ3n) is 3.91.